The van der Waals surface area contributed by atoms with Crippen molar-refractivity contribution < 1.29 is 23.7 Å². The molecule has 0 radical (unpaired) electrons. The van der Waals surface area contributed by atoms with E-state index in [1.54, 1.807) is 12.1 Å². The highest BCUT2D eigenvalue weighted by Crippen LogP contribution is 2.16. The van der Waals surface area contributed by atoms with Gasteiger partial charge in [-0.05, 0) is 30.7 Å². The second kappa shape index (κ2) is 16.3. The quantitative estimate of drug-likeness (QED) is 0.477. The Kier molecular flexibility index (Phi) is 14.3. The first kappa shape index (κ1) is 25.5. The lowest BCUT2D eigenvalue weighted by molar-refractivity contribution is 0.0322. The van der Waals surface area contributed by atoms with E-state index in [2.05, 4.69) is 17.1 Å². The third-order valence-electron chi connectivity index (χ3n) is 4.48. The van der Waals surface area contributed by atoms with E-state index < -0.39 is 6.09 Å². The second-order valence-electron chi connectivity index (χ2n) is 6.76. The summed E-state index contributed by atoms with van der Waals surface area (Å²) in [5.74, 6) is 0.781. The molecule has 1 fully saturated rings. The van der Waals surface area contributed by atoms with Gasteiger partial charge in [0.1, 0.15) is 19.0 Å². The number of halogens is 1. The Bertz CT molecular complexity index is 538. The summed E-state index contributed by atoms with van der Waals surface area (Å²) in [6.45, 7) is 8.60. The van der Waals surface area contributed by atoms with E-state index in [-0.39, 0.29) is 19.0 Å². The zero-order valence-electron chi connectivity index (χ0n) is 17.4. The highest BCUT2D eigenvalue weighted by molar-refractivity contribution is 5.85. The first-order valence-electron chi connectivity index (χ1n) is 10.3. The summed E-state index contributed by atoms with van der Waals surface area (Å²) in [6, 6.07) is 7.29. The van der Waals surface area contributed by atoms with Crippen LogP contribution in [-0.4, -0.2) is 70.3 Å². The van der Waals surface area contributed by atoms with E-state index in [1.165, 1.54) is 19.3 Å². The maximum atomic E-state index is 11.8. The molecule has 1 aromatic rings. The summed E-state index contributed by atoms with van der Waals surface area (Å²) in [6.07, 6.45) is 4.21. The molecule has 1 heterocycles. The van der Waals surface area contributed by atoms with Gasteiger partial charge in [-0.3, -0.25) is 10.2 Å². The maximum Gasteiger partial charge on any atom is 0.411 e. The molecular formula is C21H35ClN2O5. The van der Waals surface area contributed by atoms with Crippen molar-refractivity contribution in [2.24, 2.45) is 0 Å². The lowest BCUT2D eigenvalue weighted by atomic mass is 10.2. The summed E-state index contributed by atoms with van der Waals surface area (Å²) >= 11 is 0. The summed E-state index contributed by atoms with van der Waals surface area (Å²) < 4.78 is 21.6. The van der Waals surface area contributed by atoms with Crippen molar-refractivity contribution in [3.05, 3.63) is 24.3 Å². The molecular weight excluding hydrogens is 396 g/mol. The number of nitrogens with one attached hydrogen (secondary N) is 1. The molecule has 0 aromatic heterocycles. The number of nitrogens with zero attached hydrogens (tertiary/aromatic N) is 1. The van der Waals surface area contributed by atoms with Crippen LogP contribution < -0.4 is 10.1 Å². The molecule has 1 aromatic carbocycles. The van der Waals surface area contributed by atoms with Gasteiger partial charge in [-0.1, -0.05) is 26.2 Å². The van der Waals surface area contributed by atoms with Crippen molar-refractivity contribution in [1.82, 2.24) is 4.90 Å². The van der Waals surface area contributed by atoms with Gasteiger partial charge >= 0.3 is 6.09 Å². The molecule has 1 aliphatic rings. The van der Waals surface area contributed by atoms with Crippen LogP contribution in [0, 0.1) is 0 Å². The highest BCUT2D eigenvalue weighted by Gasteiger charge is 2.09. The minimum Gasteiger partial charge on any atom is -0.492 e. The maximum absolute atomic E-state index is 11.8. The Morgan fingerprint density at radius 3 is 2.52 bits per heavy atom. The van der Waals surface area contributed by atoms with Crippen LogP contribution >= 0.6 is 12.4 Å². The Morgan fingerprint density at radius 1 is 1.03 bits per heavy atom. The van der Waals surface area contributed by atoms with Crippen molar-refractivity contribution in [3.63, 3.8) is 0 Å². The molecule has 1 aliphatic heterocycles. The molecule has 29 heavy (non-hydrogen) atoms. The predicted molar refractivity (Wildman–Crippen MR) is 116 cm³/mol. The third kappa shape index (κ3) is 11.9. The van der Waals surface area contributed by atoms with Gasteiger partial charge in [-0.2, -0.15) is 0 Å². The zero-order chi connectivity index (χ0) is 19.9. The highest BCUT2D eigenvalue weighted by atomic mass is 35.5. The average Bonchev–Trinajstić information content (AvgIpc) is 2.72. The molecule has 0 atom stereocenters. The summed E-state index contributed by atoms with van der Waals surface area (Å²) in [7, 11) is 0. The van der Waals surface area contributed by atoms with Crippen LogP contribution in [0.5, 0.6) is 5.75 Å². The summed E-state index contributed by atoms with van der Waals surface area (Å²) in [5, 5.41) is 2.70. The van der Waals surface area contributed by atoms with E-state index in [1.807, 2.05) is 12.1 Å². The second-order valence-corrected chi connectivity index (χ2v) is 6.76. The Balaban J connectivity index is 0.00000420. The molecule has 2 rings (SSSR count). The fourth-order valence-corrected chi connectivity index (χ4v) is 2.83. The number of benzene rings is 1. The predicted octanol–water partition coefficient (Wildman–Crippen LogP) is 3.96. The monoisotopic (exact) mass is 430 g/mol. The van der Waals surface area contributed by atoms with Crippen molar-refractivity contribution in [2.75, 3.05) is 64.6 Å². The normalized spacial score (nSPS) is 14.1. The third-order valence-corrected chi connectivity index (χ3v) is 4.48. The number of hydrogen-bond donors (Lipinski definition) is 1. The Labute approximate surface area is 180 Å². The molecule has 0 saturated carbocycles. The minimum atomic E-state index is -0.476. The lowest BCUT2D eigenvalue weighted by Crippen LogP contribution is -2.38. The molecule has 0 spiro atoms. The van der Waals surface area contributed by atoms with Crippen molar-refractivity contribution in [1.29, 1.82) is 0 Å². The molecule has 0 unspecified atom stereocenters. The molecule has 1 saturated heterocycles. The largest absolute Gasteiger partial charge is 0.492 e. The SMILES string of the molecule is CCCCCCOCCOC(=O)Nc1ccc(OCCN2CCOCC2)cc1.Cl. The van der Waals surface area contributed by atoms with Crippen molar-refractivity contribution in [3.8, 4) is 5.75 Å². The molecule has 0 aliphatic carbocycles. The van der Waals surface area contributed by atoms with E-state index >= 15 is 0 Å². The van der Waals surface area contributed by atoms with E-state index in [0.717, 1.165) is 51.6 Å². The zero-order valence-corrected chi connectivity index (χ0v) is 18.2. The van der Waals surface area contributed by atoms with Gasteiger partial charge in [0.2, 0.25) is 0 Å². The number of anilines is 1. The number of unbranched alkanes of at least 4 members (excludes halogenated alkanes) is 3. The van der Waals surface area contributed by atoms with E-state index in [4.69, 9.17) is 18.9 Å². The fourth-order valence-electron chi connectivity index (χ4n) is 2.83. The number of morpholine rings is 1. The minimum absolute atomic E-state index is 0. The van der Waals surface area contributed by atoms with Gasteiger partial charge in [0, 0.05) is 31.9 Å². The van der Waals surface area contributed by atoms with Gasteiger partial charge < -0.3 is 18.9 Å². The molecule has 166 valence electrons. The van der Waals surface area contributed by atoms with Crippen LogP contribution in [0.1, 0.15) is 32.6 Å². The first-order chi connectivity index (χ1) is 13.8. The molecule has 7 nitrogen and oxygen atoms in total. The molecule has 1 N–H and O–H groups in total. The van der Waals surface area contributed by atoms with Gasteiger partial charge in [0.15, 0.2) is 0 Å². The summed E-state index contributed by atoms with van der Waals surface area (Å²) in [5.41, 5.74) is 0.672. The Hall–Kier alpha value is -1.54. The standard InChI is InChI=1S/C21H34N2O5.ClH/c1-2-3-4-5-13-25-17-18-28-21(24)22-19-6-8-20(9-7-19)27-16-12-23-10-14-26-15-11-23;/h6-9H,2-5,10-18H2,1H3,(H,22,24);1H. The number of ether oxygens (including phenoxy) is 4. The van der Waals surface area contributed by atoms with Crippen LogP contribution in [0.15, 0.2) is 24.3 Å². The van der Waals surface area contributed by atoms with Gasteiger partial charge in [-0.25, -0.2) is 4.79 Å². The molecule has 8 heteroatoms. The van der Waals surface area contributed by atoms with Gasteiger partial charge in [0.05, 0.1) is 19.8 Å². The number of carbonyl (C=O) groups excluding carboxylic acids is 1. The molecule has 1 amide bonds. The lowest BCUT2D eigenvalue weighted by Gasteiger charge is -2.26. The van der Waals surface area contributed by atoms with Crippen LogP contribution in [0.2, 0.25) is 0 Å². The molecule has 0 bridgehead atoms. The first-order valence-corrected chi connectivity index (χ1v) is 10.3. The van der Waals surface area contributed by atoms with Gasteiger partial charge in [0.25, 0.3) is 0 Å². The number of hydrogen-bond acceptors (Lipinski definition) is 6. The number of amides is 1. The van der Waals surface area contributed by atoms with Crippen molar-refractivity contribution in [2.45, 2.75) is 32.6 Å². The van der Waals surface area contributed by atoms with Crippen LogP contribution in [0.25, 0.3) is 0 Å². The number of carbonyl (C=O) groups is 1. The number of rotatable bonds is 13. The van der Waals surface area contributed by atoms with Crippen LogP contribution in [0.4, 0.5) is 10.5 Å². The van der Waals surface area contributed by atoms with E-state index in [0.29, 0.717) is 18.9 Å². The van der Waals surface area contributed by atoms with Crippen molar-refractivity contribution >= 4 is 24.2 Å². The van der Waals surface area contributed by atoms with Gasteiger partial charge in [-0.15, -0.1) is 12.4 Å². The fraction of sp³-hybridized carbons (Fsp3) is 0.667. The van der Waals surface area contributed by atoms with Crippen LogP contribution in [-0.2, 0) is 14.2 Å². The van der Waals surface area contributed by atoms with E-state index in [9.17, 15) is 4.79 Å². The Morgan fingerprint density at radius 2 is 1.79 bits per heavy atom. The topological polar surface area (TPSA) is 69.3 Å². The van der Waals surface area contributed by atoms with Crippen LogP contribution in [0.3, 0.4) is 0 Å². The summed E-state index contributed by atoms with van der Waals surface area (Å²) in [4.78, 5) is 14.1. The average molecular weight is 431 g/mol. The smallest absolute Gasteiger partial charge is 0.411 e.